The topological polar surface area (TPSA) is 43.9 Å². The molecule has 4 rings (SSSR count). The molecule has 4 heteroatoms. The van der Waals surface area contributed by atoms with Crippen LogP contribution in [0.15, 0.2) is 71.7 Å². The van der Waals surface area contributed by atoms with E-state index in [1.54, 1.807) is 17.1 Å². The molecule has 3 aromatic heterocycles. The van der Waals surface area contributed by atoms with Gasteiger partial charge in [0, 0.05) is 28.9 Å². The van der Waals surface area contributed by atoms with Crippen LogP contribution >= 0.6 is 0 Å². The van der Waals surface area contributed by atoms with Gasteiger partial charge in [0.15, 0.2) is 5.82 Å². The first-order valence-electron chi connectivity index (χ1n) is 6.34. The number of pyridine rings is 1. The van der Waals surface area contributed by atoms with E-state index in [0.717, 1.165) is 27.9 Å². The zero-order valence-corrected chi connectivity index (χ0v) is 10.6. The molecule has 0 bridgehead atoms. The first kappa shape index (κ1) is 11.0. The molecule has 0 aliphatic rings. The van der Waals surface area contributed by atoms with Crippen molar-refractivity contribution in [2.45, 2.75) is 0 Å². The molecule has 96 valence electrons. The molecule has 20 heavy (non-hydrogen) atoms. The van der Waals surface area contributed by atoms with E-state index in [0.29, 0.717) is 0 Å². The average Bonchev–Trinajstić information content (AvgIpc) is 3.14. The lowest BCUT2D eigenvalue weighted by atomic mass is 10.1. The van der Waals surface area contributed by atoms with E-state index in [4.69, 9.17) is 4.42 Å². The summed E-state index contributed by atoms with van der Waals surface area (Å²) >= 11 is 0. The Balaban J connectivity index is 1.82. The number of furan rings is 1. The summed E-state index contributed by atoms with van der Waals surface area (Å²) in [7, 11) is 0. The van der Waals surface area contributed by atoms with Gasteiger partial charge in [-0.05, 0) is 18.2 Å². The monoisotopic (exact) mass is 261 g/mol. The van der Waals surface area contributed by atoms with Crippen LogP contribution in [0.25, 0.3) is 27.9 Å². The van der Waals surface area contributed by atoms with Crippen molar-refractivity contribution in [3.05, 3.63) is 67.3 Å². The molecule has 0 N–H and O–H groups in total. The van der Waals surface area contributed by atoms with E-state index in [2.05, 4.69) is 10.1 Å². The molecule has 4 aromatic rings. The summed E-state index contributed by atoms with van der Waals surface area (Å²) in [6.07, 6.45) is 7.31. The van der Waals surface area contributed by atoms with Gasteiger partial charge in [-0.2, -0.15) is 5.10 Å². The quantitative estimate of drug-likeness (QED) is 0.553. The summed E-state index contributed by atoms with van der Waals surface area (Å²) < 4.78 is 7.33. The third kappa shape index (κ3) is 1.70. The smallest absolute Gasteiger partial charge is 0.153 e. The van der Waals surface area contributed by atoms with Gasteiger partial charge in [-0.15, -0.1) is 0 Å². The fourth-order valence-corrected chi connectivity index (χ4v) is 2.28. The standard InChI is InChI=1S/C16H11N3O/c1-2-6-15-13(5-1)14(11-20-15)12-9-18-19(10-12)16-7-3-4-8-17-16/h1-11H. The zero-order valence-electron chi connectivity index (χ0n) is 10.6. The summed E-state index contributed by atoms with van der Waals surface area (Å²) in [4.78, 5) is 4.28. The van der Waals surface area contributed by atoms with Crippen LogP contribution < -0.4 is 0 Å². The Labute approximate surface area is 115 Å². The molecule has 0 fully saturated rings. The van der Waals surface area contributed by atoms with Crippen molar-refractivity contribution in [1.29, 1.82) is 0 Å². The first-order valence-corrected chi connectivity index (χ1v) is 6.34. The Bertz CT molecular complexity index is 861. The Morgan fingerprint density at radius 1 is 1.00 bits per heavy atom. The van der Waals surface area contributed by atoms with E-state index in [-0.39, 0.29) is 0 Å². The lowest BCUT2D eigenvalue weighted by Gasteiger charge is -1.97. The van der Waals surface area contributed by atoms with Crippen LogP contribution in [-0.4, -0.2) is 14.8 Å². The highest BCUT2D eigenvalue weighted by atomic mass is 16.3. The average molecular weight is 261 g/mol. The fraction of sp³-hybridized carbons (Fsp3) is 0. The Kier molecular flexibility index (Phi) is 2.39. The second-order valence-corrected chi connectivity index (χ2v) is 4.51. The van der Waals surface area contributed by atoms with Gasteiger partial charge in [0.2, 0.25) is 0 Å². The van der Waals surface area contributed by atoms with Gasteiger partial charge in [-0.25, -0.2) is 9.67 Å². The number of benzene rings is 1. The minimum absolute atomic E-state index is 0.798. The normalized spacial score (nSPS) is 11.0. The van der Waals surface area contributed by atoms with Gasteiger partial charge in [0.1, 0.15) is 5.58 Å². The number of rotatable bonds is 2. The highest BCUT2D eigenvalue weighted by Crippen LogP contribution is 2.30. The Morgan fingerprint density at radius 3 is 2.80 bits per heavy atom. The molecule has 0 aliphatic heterocycles. The number of hydrogen-bond acceptors (Lipinski definition) is 3. The van der Waals surface area contributed by atoms with E-state index in [1.165, 1.54) is 0 Å². The zero-order chi connectivity index (χ0) is 13.4. The van der Waals surface area contributed by atoms with Gasteiger partial charge in [0.05, 0.1) is 12.5 Å². The third-order valence-corrected chi connectivity index (χ3v) is 3.26. The van der Waals surface area contributed by atoms with Crippen LogP contribution in [0.3, 0.4) is 0 Å². The molecule has 0 amide bonds. The molecule has 4 nitrogen and oxygen atoms in total. The predicted molar refractivity (Wildman–Crippen MR) is 76.6 cm³/mol. The maximum atomic E-state index is 5.57. The molecule has 0 atom stereocenters. The highest BCUT2D eigenvalue weighted by molar-refractivity contribution is 5.93. The number of nitrogens with zero attached hydrogens (tertiary/aromatic N) is 3. The molecule has 0 unspecified atom stereocenters. The number of para-hydroxylation sites is 1. The van der Waals surface area contributed by atoms with Crippen LogP contribution in [0.2, 0.25) is 0 Å². The van der Waals surface area contributed by atoms with Crippen molar-refractivity contribution in [3.63, 3.8) is 0 Å². The first-order chi connectivity index (χ1) is 9.92. The lowest BCUT2D eigenvalue weighted by Crippen LogP contribution is -1.95. The Hall–Kier alpha value is -2.88. The van der Waals surface area contributed by atoms with Crippen molar-refractivity contribution >= 4 is 11.0 Å². The maximum Gasteiger partial charge on any atom is 0.153 e. The lowest BCUT2D eigenvalue weighted by molar-refractivity contribution is 0.617. The van der Waals surface area contributed by atoms with Crippen LogP contribution in [0, 0.1) is 0 Å². The van der Waals surface area contributed by atoms with Crippen molar-refractivity contribution in [2.75, 3.05) is 0 Å². The molecular weight excluding hydrogens is 250 g/mol. The molecule has 3 heterocycles. The molecule has 1 aromatic carbocycles. The molecule has 0 aliphatic carbocycles. The van der Waals surface area contributed by atoms with Crippen molar-refractivity contribution < 1.29 is 4.42 Å². The summed E-state index contributed by atoms with van der Waals surface area (Å²) in [5.41, 5.74) is 2.94. The summed E-state index contributed by atoms with van der Waals surface area (Å²) in [6.45, 7) is 0. The van der Waals surface area contributed by atoms with E-state index < -0.39 is 0 Å². The van der Waals surface area contributed by atoms with Gasteiger partial charge in [-0.1, -0.05) is 24.3 Å². The number of fused-ring (bicyclic) bond motifs is 1. The molecular formula is C16H11N3O. The minimum atomic E-state index is 0.798. The van der Waals surface area contributed by atoms with Crippen molar-refractivity contribution in [1.82, 2.24) is 14.8 Å². The second-order valence-electron chi connectivity index (χ2n) is 4.51. The summed E-state index contributed by atoms with van der Waals surface area (Å²) in [6, 6.07) is 13.7. The summed E-state index contributed by atoms with van der Waals surface area (Å²) in [5.74, 6) is 0.798. The van der Waals surface area contributed by atoms with Crippen molar-refractivity contribution in [2.24, 2.45) is 0 Å². The van der Waals surface area contributed by atoms with Gasteiger partial charge in [-0.3, -0.25) is 0 Å². The highest BCUT2D eigenvalue weighted by Gasteiger charge is 2.10. The number of hydrogen-bond donors (Lipinski definition) is 0. The van der Waals surface area contributed by atoms with Gasteiger partial charge in [0.25, 0.3) is 0 Å². The van der Waals surface area contributed by atoms with Crippen LogP contribution in [0.1, 0.15) is 0 Å². The van der Waals surface area contributed by atoms with Crippen molar-refractivity contribution in [3.8, 4) is 16.9 Å². The van der Waals surface area contributed by atoms with Crippen LogP contribution in [0.5, 0.6) is 0 Å². The largest absolute Gasteiger partial charge is 0.464 e. The van der Waals surface area contributed by atoms with Crippen LogP contribution in [-0.2, 0) is 0 Å². The minimum Gasteiger partial charge on any atom is -0.464 e. The maximum absolute atomic E-state index is 5.57. The third-order valence-electron chi connectivity index (χ3n) is 3.26. The van der Waals surface area contributed by atoms with Crippen LogP contribution in [0.4, 0.5) is 0 Å². The summed E-state index contributed by atoms with van der Waals surface area (Å²) in [5, 5.41) is 5.45. The molecule has 0 saturated heterocycles. The molecule has 0 saturated carbocycles. The molecule has 0 radical (unpaired) electrons. The van der Waals surface area contributed by atoms with E-state index >= 15 is 0 Å². The van der Waals surface area contributed by atoms with E-state index in [1.807, 2.05) is 54.9 Å². The Morgan fingerprint density at radius 2 is 1.90 bits per heavy atom. The predicted octanol–water partition coefficient (Wildman–Crippen LogP) is 3.68. The van der Waals surface area contributed by atoms with Gasteiger partial charge >= 0.3 is 0 Å². The molecule has 0 spiro atoms. The van der Waals surface area contributed by atoms with E-state index in [9.17, 15) is 0 Å². The SMILES string of the molecule is c1ccc(-n2cc(-c3coc4ccccc34)cn2)nc1. The second kappa shape index (κ2) is 4.35. The van der Waals surface area contributed by atoms with Gasteiger partial charge < -0.3 is 4.42 Å². The fourth-order valence-electron chi connectivity index (χ4n) is 2.28. The number of aromatic nitrogens is 3.